The lowest BCUT2D eigenvalue weighted by atomic mass is 9.77. The molecule has 2 bridgehead atoms. The van der Waals surface area contributed by atoms with Crippen molar-refractivity contribution in [1.29, 1.82) is 0 Å². The fourth-order valence-electron chi connectivity index (χ4n) is 4.49. The van der Waals surface area contributed by atoms with Crippen LogP contribution in [0.15, 0.2) is 36.4 Å². The highest BCUT2D eigenvalue weighted by Gasteiger charge is 2.67. The maximum absolute atomic E-state index is 13.3. The van der Waals surface area contributed by atoms with Crippen molar-refractivity contribution in [3.63, 3.8) is 0 Å². The number of nitrogens with zero attached hydrogens (tertiary/aromatic N) is 1. The van der Waals surface area contributed by atoms with E-state index in [9.17, 15) is 9.59 Å². The highest BCUT2D eigenvalue weighted by Crippen LogP contribution is 2.53. The molecule has 2 saturated heterocycles. The number of ether oxygens (including phenoxy) is 3. The molecule has 0 unspecified atom stereocenters. The molecule has 27 heavy (non-hydrogen) atoms. The molecule has 6 heteroatoms. The Balaban J connectivity index is 1.57. The van der Waals surface area contributed by atoms with E-state index in [0.29, 0.717) is 13.2 Å². The Morgan fingerprint density at radius 3 is 2.78 bits per heavy atom. The predicted octanol–water partition coefficient (Wildman–Crippen LogP) is 2.49. The van der Waals surface area contributed by atoms with E-state index >= 15 is 0 Å². The number of carbonyl (C=O) groups is 2. The second-order valence-electron chi connectivity index (χ2n) is 7.48. The molecular weight excluding hydrogens is 346 g/mol. The maximum Gasteiger partial charge on any atom is 0.312 e. The van der Waals surface area contributed by atoms with Gasteiger partial charge in [-0.3, -0.25) is 9.59 Å². The largest absolute Gasteiger partial charge is 0.497 e. The lowest BCUT2D eigenvalue weighted by Gasteiger charge is -2.27. The van der Waals surface area contributed by atoms with Crippen molar-refractivity contribution in [2.24, 2.45) is 11.8 Å². The first kappa shape index (κ1) is 18.0. The molecule has 2 fully saturated rings. The Labute approximate surface area is 159 Å². The van der Waals surface area contributed by atoms with Crippen LogP contribution < -0.4 is 4.74 Å². The van der Waals surface area contributed by atoms with Crippen LogP contribution in [0.5, 0.6) is 5.75 Å². The SMILES string of the molecule is CCCOC(=O)[C@@H]1[C@H]2C(=O)N([C@H](C)c3ccc(OC)cc3)C[C@]23C=C[C@H]1O3. The monoisotopic (exact) mass is 371 g/mol. The standard InChI is InChI=1S/C21H25NO5/c1-4-11-26-20(24)17-16-9-10-21(27-16)12-22(19(23)18(17)21)13(2)14-5-7-15(25-3)8-6-14/h5-10,13,16-18H,4,11-12H2,1-3H3/t13-,16-,17+,18+,21-/m1/s1. The third-order valence-corrected chi connectivity index (χ3v) is 5.92. The molecule has 0 N–H and O–H groups in total. The Bertz CT molecular complexity index is 773. The summed E-state index contributed by atoms with van der Waals surface area (Å²) < 4.78 is 16.7. The van der Waals surface area contributed by atoms with E-state index in [4.69, 9.17) is 14.2 Å². The van der Waals surface area contributed by atoms with Gasteiger partial charge in [0.25, 0.3) is 0 Å². The zero-order valence-electron chi connectivity index (χ0n) is 15.9. The first-order chi connectivity index (χ1) is 13.0. The number of amides is 1. The molecule has 6 nitrogen and oxygen atoms in total. The van der Waals surface area contributed by atoms with Gasteiger partial charge in [0, 0.05) is 0 Å². The number of benzene rings is 1. The molecule has 3 aliphatic rings. The fraction of sp³-hybridized carbons (Fsp3) is 0.524. The molecule has 0 saturated carbocycles. The van der Waals surface area contributed by atoms with Crippen LogP contribution >= 0.6 is 0 Å². The van der Waals surface area contributed by atoms with Gasteiger partial charge in [0.15, 0.2) is 0 Å². The molecule has 0 radical (unpaired) electrons. The van der Waals surface area contributed by atoms with Crippen molar-refractivity contribution >= 4 is 11.9 Å². The minimum atomic E-state index is -0.710. The summed E-state index contributed by atoms with van der Waals surface area (Å²) in [5.41, 5.74) is 0.308. The second kappa shape index (κ2) is 6.68. The van der Waals surface area contributed by atoms with E-state index in [-0.39, 0.29) is 24.0 Å². The van der Waals surface area contributed by atoms with Crippen molar-refractivity contribution in [1.82, 2.24) is 4.90 Å². The minimum absolute atomic E-state index is 0.0383. The van der Waals surface area contributed by atoms with Gasteiger partial charge in [0.1, 0.15) is 17.3 Å². The number of esters is 1. The average Bonchev–Trinajstić information content (AvgIpc) is 3.34. The number of hydrogen-bond donors (Lipinski definition) is 0. The van der Waals surface area contributed by atoms with Crippen molar-refractivity contribution in [2.75, 3.05) is 20.3 Å². The topological polar surface area (TPSA) is 65.1 Å². The quantitative estimate of drug-likeness (QED) is 0.568. The molecular formula is C21H25NO5. The van der Waals surface area contributed by atoms with Gasteiger partial charge in [-0.25, -0.2) is 0 Å². The van der Waals surface area contributed by atoms with Crippen molar-refractivity contribution in [3.8, 4) is 5.75 Å². The number of fused-ring (bicyclic) bond motifs is 1. The Kier molecular flexibility index (Phi) is 4.46. The number of likely N-dealkylation sites (tertiary alicyclic amines) is 1. The maximum atomic E-state index is 13.3. The van der Waals surface area contributed by atoms with Gasteiger partial charge in [-0.05, 0) is 31.0 Å². The molecule has 144 valence electrons. The summed E-state index contributed by atoms with van der Waals surface area (Å²) in [4.78, 5) is 27.7. The summed E-state index contributed by atoms with van der Waals surface area (Å²) >= 11 is 0. The van der Waals surface area contributed by atoms with E-state index in [1.165, 1.54) is 0 Å². The molecule has 1 aromatic carbocycles. The molecule has 1 aromatic rings. The number of carbonyl (C=O) groups excluding carboxylic acids is 2. The molecule has 3 aliphatic heterocycles. The number of methoxy groups -OCH3 is 1. The normalized spacial score (nSPS) is 31.9. The zero-order chi connectivity index (χ0) is 19.2. The van der Waals surface area contributed by atoms with Crippen LogP contribution in [0.2, 0.25) is 0 Å². The first-order valence-corrected chi connectivity index (χ1v) is 9.49. The van der Waals surface area contributed by atoms with Gasteiger partial charge in [-0.15, -0.1) is 0 Å². The third-order valence-electron chi connectivity index (χ3n) is 5.92. The van der Waals surface area contributed by atoms with E-state index in [0.717, 1.165) is 17.7 Å². The van der Waals surface area contributed by atoms with Crippen LogP contribution in [0.25, 0.3) is 0 Å². The molecule has 4 rings (SSSR count). The first-order valence-electron chi connectivity index (χ1n) is 9.49. The van der Waals surface area contributed by atoms with Gasteiger partial charge < -0.3 is 19.1 Å². The van der Waals surface area contributed by atoms with Crippen LogP contribution in [-0.4, -0.2) is 48.7 Å². The molecule has 1 amide bonds. The third kappa shape index (κ3) is 2.74. The van der Waals surface area contributed by atoms with Gasteiger partial charge in [-0.2, -0.15) is 0 Å². The molecule has 0 aliphatic carbocycles. The van der Waals surface area contributed by atoms with Crippen molar-refractivity contribution in [2.45, 2.75) is 38.0 Å². The Morgan fingerprint density at radius 2 is 2.11 bits per heavy atom. The minimum Gasteiger partial charge on any atom is -0.497 e. The fourth-order valence-corrected chi connectivity index (χ4v) is 4.49. The van der Waals surface area contributed by atoms with E-state index in [1.54, 1.807) is 7.11 Å². The summed E-state index contributed by atoms with van der Waals surface area (Å²) in [7, 11) is 1.63. The summed E-state index contributed by atoms with van der Waals surface area (Å²) in [5.74, 6) is -0.647. The number of hydrogen-bond acceptors (Lipinski definition) is 5. The molecule has 3 heterocycles. The van der Waals surface area contributed by atoms with Crippen LogP contribution in [0.3, 0.4) is 0 Å². The smallest absolute Gasteiger partial charge is 0.312 e. The Hall–Kier alpha value is -2.34. The molecule has 0 aromatic heterocycles. The summed E-state index contributed by atoms with van der Waals surface area (Å²) in [6.07, 6.45) is 4.26. The zero-order valence-corrected chi connectivity index (χ0v) is 15.9. The predicted molar refractivity (Wildman–Crippen MR) is 98.1 cm³/mol. The lowest BCUT2D eigenvalue weighted by molar-refractivity contribution is -0.154. The van der Waals surface area contributed by atoms with Crippen LogP contribution in [0, 0.1) is 11.8 Å². The van der Waals surface area contributed by atoms with Crippen LogP contribution in [0.4, 0.5) is 0 Å². The van der Waals surface area contributed by atoms with Crippen molar-refractivity contribution < 1.29 is 23.8 Å². The lowest BCUT2D eigenvalue weighted by Crippen LogP contribution is -2.40. The van der Waals surface area contributed by atoms with E-state index in [2.05, 4.69) is 0 Å². The van der Waals surface area contributed by atoms with E-state index in [1.807, 2.05) is 55.2 Å². The van der Waals surface area contributed by atoms with Crippen LogP contribution in [0.1, 0.15) is 31.9 Å². The highest BCUT2D eigenvalue weighted by atomic mass is 16.6. The second-order valence-corrected chi connectivity index (χ2v) is 7.48. The van der Waals surface area contributed by atoms with Gasteiger partial charge >= 0.3 is 5.97 Å². The van der Waals surface area contributed by atoms with Crippen LogP contribution in [-0.2, 0) is 19.1 Å². The molecule has 1 spiro atoms. The summed E-state index contributed by atoms with van der Waals surface area (Å²) in [5, 5.41) is 0. The highest BCUT2D eigenvalue weighted by molar-refractivity contribution is 5.91. The van der Waals surface area contributed by atoms with Gasteiger partial charge in [0.05, 0.1) is 38.3 Å². The molecule has 5 atom stereocenters. The summed E-state index contributed by atoms with van der Waals surface area (Å²) in [6, 6.07) is 7.58. The average molecular weight is 371 g/mol. The Morgan fingerprint density at radius 1 is 1.37 bits per heavy atom. The van der Waals surface area contributed by atoms with Crippen molar-refractivity contribution in [3.05, 3.63) is 42.0 Å². The number of rotatable bonds is 6. The summed E-state index contributed by atoms with van der Waals surface area (Å²) in [6.45, 7) is 4.77. The van der Waals surface area contributed by atoms with E-state index < -0.39 is 17.4 Å². The van der Waals surface area contributed by atoms with Gasteiger partial charge in [-0.1, -0.05) is 31.2 Å². The van der Waals surface area contributed by atoms with Gasteiger partial charge in [0.2, 0.25) is 5.91 Å².